The van der Waals surface area contributed by atoms with Gasteiger partial charge >= 0.3 is 0 Å². The number of fused-ring (bicyclic) bond motifs is 6. The summed E-state index contributed by atoms with van der Waals surface area (Å²) < 4.78 is 20.1. The lowest BCUT2D eigenvalue weighted by molar-refractivity contribution is -0.134. The lowest BCUT2D eigenvalue weighted by atomic mass is 10.1. The maximum absolute atomic E-state index is 13.2. The Morgan fingerprint density at radius 2 is 0.929 bits per heavy atom. The molecule has 654 valence electrons. The molecule has 4 aromatic carbocycles. The van der Waals surface area contributed by atoms with Crippen molar-refractivity contribution in [2.75, 3.05) is 164 Å². The van der Waals surface area contributed by atoms with Crippen LogP contribution in [0.3, 0.4) is 0 Å². The predicted molar refractivity (Wildman–Crippen MR) is 498 cm³/mol. The number of rotatable bonds is 24. The van der Waals surface area contributed by atoms with Gasteiger partial charge < -0.3 is 48.9 Å². The average molecular weight is 1770 g/mol. The van der Waals surface area contributed by atoms with Crippen LogP contribution in [0.15, 0.2) is 159 Å². The molecule has 5 saturated heterocycles. The van der Waals surface area contributed by atoms with E-state index in [0.29, 0.717) is 132 Å². The highest BCUT2D eigenvalue weighted by molar-refractivity contribution is 7.21. The summed E-state index contributed by atoms with van der Waals surface area (Å²) in [5, 5.41) is 27.5. The highest BCUT2D eigenvalue weighted by Crippen LogP contribution is 2.43. The van der Waals surface area contributed by atoms with Crippen molar-refractivity contribution in [3.8, 4) is 34.2 Å². The van der Waals surface area contributed by atoms with Crippen LogP contribution < -0.4 is 20.0 Å². The fourth-order valence-electron chi connectivity index (χ4n) is 16.7. The van der Waals surface area contributed by atoms with Crippen molar-refractivity contribution in [2.24, 2.45) is 11.8 Å². The van der Waals surface area contributed by atoms with E-state index in [9.17, 15) is 28.8 Å². The topological polar surface area (TPSA) is 331 Å². The molecule has 6 fully saturated rings. The fourth-order valence-corrected chi connectivity index (χ4v) is 20.1. The molecule has 4 amide bonds. The molecule has 0 bridgehead atoms. The van der Waals surface area contributed by atoms with Crippen LogP contribution in [0.5, 0.6) is 0 Å². The second kappa shape index (κ2) is 39.4. The first kappa shape index (κ1) is 85.6. The highest BCUT2D eigenvalue weighted by atomic mass is 32.1. The normalized spacial score (nSPS) is 16.9. The number of anilines is 4. The van der Waals surface area contributed by atoms with E-state index < -0.39 is 0 Å². The Kier molecular flexibility index (Phi) is 26.5. The minimum atomic E-state index is -0.288. The molecule has 33 heteroatoms. The van der Waals surface area contributed by atoms with Crippen molar-refractivity contribution in [1.29, 1.82) is 0 Å². The number of H-pyrrole nitrogens is 3. The number of nitrogens with one attached hydrogen (secondary N) is 4. The van der Waals surface area contributed by atoms with Gasteiger partial charge in [-0.1, -0.05) is 75.1 Å². The second-order valence-electron chi connectivity index (χ2n) is 33.0. The lowest BCUT2D eigenvalue weighted by Gasteiger charge is -2.34. The number of hydrogen-bond acceptors (Lipinski definition) is 26. The summed E-state index contributed by atoms with van der Waals surface area (Å²) >= 11 is 5.22. The largest absolute Gasteiger partial charge is 0.378 e. The number of aromatic amines is 3. The molecule has 7 aliphatic rings. The number of carbonyl (C=O) groups is 6. The molecule has 6 aliphatic heterocycles. The van der Waals surface area contributed by atoms with Gasteiger partial charge in [0.15, 0.2) is 46.5 Å². The number of allylic oxidation sites excluding steroid dienone is 4. The summed E-state index contributed by atoms with van der Waals surface area (Å²) in [6.07, 6.45) is 20.2. The molecular formula is C94H101N21O9S3. The minimum Gasteiger partial charge on any atom is -0.378 e. The zero-order valence-electron chi connectivity index (χ0n) is 71.2. The summed E-state index contributed by atoms with van der Waals surface area (Å²) in [5.74, 6) is 5.74. The van der Waals surface area contributed by atoms with E-state index in [-0.39, 0.29) is 48.0 Å². The number of thiophene rings is 3. The number of ketones is 2. The number of nitrogens with zero attached hydrogens (tertiary/aromatic N) is 17. The van der Waals surface area contributed by atoms with Gasteiger partial charge in [0, 0.05) is 202 Å². The van der Waals surface area contributed by atoms with Gasteiger partial charge in [0.1, 0.15) is 0 Å². The van der Waals surface area contributed by atoms with Crippen molar-refractivity contribution >= 4 is 161 Å². The number of hydrogen-bond donors (Lipinski definition) is 4. The van der Waals surface area contributed by atoms with E-state index in [4.69, 9.17) is 44.1 Å². The summed E-state index contributed by atoms with van der Waals surface area (Å²) in [6, 6.07) is 31.6. The van der Waals surface area contributed by atoms with Crippen LogP contribution >= 0.6 is 34.0 Å². The Morgan fingerprint density at radius 1 is 0.496 bits per heavy atom. The third-order valence-electron chi connectivity index (χ3n) is 23.9. The summed E-state index contributed by atoms with van der Waals surface area (Å²) in [6.45, 7) is 25.0. The molecule has 0 radical (unpaired) electrons. The molecule has 1 aliphatic carbocycles. The summed E-state index contributed by atoms with van der Waals surface area (Å²) in [7, 11) is 0. The summed E-state index contributed by atoms with van der Waals surface area (Å²) in [4.78, 5) is 126. The Bertz CT molecular complexity index is 6070. The zero-order valence-corrected chi connectivity index (χ0v) is 73.7. The second-order valence-corrected chi connectivity index (χ2v) is 36.4. The third-order valence-corrected chi connectivity index (χ3v) is 27.3. The van der Waals surface area contributed by atoms with Crippen LogP contribution in [0, 0.1) is 11.8 Å². The van der Waals surface area contributed by atoms with Crippen molar-refractivity contribution in [1.82, 2.24) is 85.0 Å². The van der Waals surface area contributed by atoms with Crippen molar-refractivity contribution < 1.29 is 43.0 Å². The molecule has 0 unspecified atom stereocenters. The molecule has 0 atom stereocenters. The SMILES string of the molecule is C=CC(=O)Nc1ccc(C(=O)N2CC=C(c3cc4nc(-c5cccc6[nH]ncc56)nc(N5CCOCC5)c4s3)CC2)cc1.CC(C)/C=C/C(=O)CCC(=O)N1CCN(Cc2cc3nc(-c4cccc5[nH]ncc45)nc(N4CCOCC4)c3s2)CC1.O=C(/C=C/C1CC1)CCC(=O)N1CCN(Cc2cc3nc(-c4cccc5[nH]ncc45)nc(N4CCOCC4)c3s2)CC1. The number of piperazine rings is 2. The minimum absolute atomic E-state index is 0.0181. The maximum Gasteiger partial charge on any atom is 0.254 e. The molecule has 13 aromatic rings. The smallest absolute Gasteiger partial charge is 0.254 e. The van der Waals surface area contributed by atoms with Crippen LogP contribution in [0.1, 0.15) is 83.8 Å². The standard InChI is InChI=1S/C32H29N7O3S.C31H35N7O3S.C31H37N7O3S/c1-2-28(40)34-22-8-6-21(7-9-22)32(41)39-12-10-20(11-13-39)27-18-26-29(43-27)31(38-14-16-42-17-15-38)36-30(35-26)23-4-3-5-25-24(23)19-33-37-25;39-22(7-6-21-4-5-21)8-9-28(40)37-12-10-36(11-13-37)20-23-18-27-29(42-23)31(38-14-16-41-17-15-38)34-30(33-27)24-2-1-3-26-25(24)19-32-35-26;1-21(2)6-7-22(39)8-9-28(40)37-12-10-36(11-13-37)20-23-18-27-29(42-23)31(38-14-16-41-17-15-38)34-30(33-27)24-4-3-5-26-25(24)19-32-35-26/h2-10,18-19H,1,11-17H2,(H,33,37)(H,34,40);1-3,6-7,18-19,21H,4-5,8-17,20H2,(H,32,35);3-7,18-19,21H,8-17,20H2,1-2H3,(H,32,35)/b;2*7-6+. The Balaban J connectivity index is 0.000000129. The molecule has 15 heterocycles. The van der Waals surface area contributed by atoms with Gasteiger partial charge in [0.2, 0.25) is 17.7 Å². The number of benzene rings is 4. The quantitative estimate of drug-likeness (QED) is 0.0408. The van der Waals surface area contributed by atoms with Gasteiger partial charge in [0.05, 0.1) is 105 Å². The van der Waals surface area contributed by atoms with Gasteiger partial charge in [0.25, 0.3) is 5.91 Å². The third kappa shape index (κ3) is 20.3. The monoisotopic (exact) mass is 1760 g/mol. The van der Waals surface area contributed by atoms with Crippen LogP contribution in [0.4, 0.5) is 23.1 Å². The number of carbonyl (C=O) groups excluding carboxylic acids is 6. The van der Waals surface area contributed by atoms with Gasteiger partial charge in [-0.15, -0.1) is 34.0 Å². The van der Waals surface area contributed by atoms with Crippen LogP contribution in [0.25, 0.3) is 103 Å². The van der Waals surface area contributed by atoms with E-state index in [1.165, 1.54) is 34.2 Å². The van der Waals surface area contributed by atoms with E-state index in [0.717, 1.165) is 187 Å². The molecule has 1 saturated carbocycles. The number of amides is 4. The Hall–Kier alpha value is -12.2. The van der Waals surface area contributed by atoms with E-state index in [1.807, 2.05) is 102 Å². The number of morpholine rings is 3. The molecule has 20 rings (SSSR count). The van der Waals surface area contributed by atoms with Gasteiger partial charge in [-0.05, 0) is 116 Å². The molecule has 9 aromatic heterocycles. The zero-order chi connectivity index (χ0) is 86.9. The van der Waals surface area contributed by atoms with Crippen molar-refractivity contribution in [2.45, 2.75) is 71.9 Å². The van der Waals surface area contributed by atoms with E-state index >= 15 is 0 Å². The van der Waals surface area contributed by atoms with Gasteiger partial charge in [-0.25, -0.2) is 29.9 Å². The predicted octanol–water partition coefficient (Wildman–Crippen LogP) is 13.4. The molecular weight excluding hydrogens is 1660 g/mol. The summed E-state index contributed by atoms with van der Waals surface area (Å²) in [5.41, 5.74) is 11.0. The van der Waals surface area contributed by atoms with E-state index in [2.05, 4.69) is 103 Å². The van der Waals surface area contributed by atoms with Crippen LogP contribution in [0.2, 0.25) is 0 Å². The first-order chi connectivity index (χ1) is 62.1. The van der Waals surface area contributed by atoms with Crippen LogP contribution in [-0.4, -0.2) is 265 Å². The molecule has 127 heavy (non-hydrogen) atoms. The maximum atomic E-state index is 13.2. The first-order valence-electron chi connectivity index (χ1n) is 43.7. The highest BCUT2D eigenvalue weighted by Gasteiger charge is 2.31. The van der Waals surface area contributed by atoms with E-state index in [1.54, 1.807) is 70.4 Å². The molecule has 30 nitrogen and oxygen atoms in total. The Morgan fingerprint density at radius 3 is 1.35 bits per heavy atom. The molecule has 4 N–H and O–H groups in total. The van der Waals surface area contributed by atoms with Crippen LogP contribution in [-0.2, 0) is 51.3 Å². The first-order valence-corrected chi connectivity index (χ1v) is 46.2. The fraction of sp³-hybridized carbons (Fsp3) is 0.372. The van der Waals surface area contributed by atoms with Gasteiger partial charge in [-0.3, -0.25) is 53.9 Å². The lowest BCUT2D eigenvalue weighted by Crippen LogP contribution is -2.48. The molecule has 0 spiro atoms. The number of ether oxygens (including phenoxy) is 3. The number of aromatic nitrogens is 12. The van der Waals surface area contributed by atoms with Crippen molar-refractivity contribution in [3.05, 3.63) is 179 Å². The van der Waals surface area contributed by atoms with Crippen molar-refractivity contribution in [3.63, 3.8) is 0 Å². The Labute approximate surface area is 745 Å². The average Bonchev–Trinajstić information content (AvgIpc) is 1.65. The van der Waals surface area contributed by atoms with Gasteiger partial charge in [-0.2, -0.15) is 15.3 Å².